The molecular weight excluding hydrogens is 226 g/mol. The summed E-state index contributed by atoms with van der Waals surface area (Å²) in [4.78, 5) is 4.10. The van der Waals surface area contributed by atoms with Crippen LogP contribution in [0.25, 0.3) is 0 Å². The van der Waals surface area contributed by atoms with E-state index >= 15 is 0 Å². The lowest BCUT2D eigenvalue weighted by molar-refractivity contribution is -0.00633. The van der Waals surface area contributed by atoms with Crippen molar-refractivity contribution in [3.8, 4) is 0 Å². The molecule has 96 valence electrons. The average Bonchev–Trinajstić information content (AvgIpc) is 2.84. The maximum Gasteiger partial charge on any atom is 0.248 e. The Morgan fingerprint density at radius 1 is 1.65 bits per heavy atom. The van der Waals surface area contributed by atoms with Crippen LogP contribution in [0.4, 0.5) is 8.78 Å². The van der Waals surface area contributed by atoms with E-state index in [4.69, 9.17) is 0 Å². The minimum absolute atomic E-state index is 0.122. The van der Waals surface area contributed by atoms with Gasteiger partial charge in [0.1, 0.15) is 11.9 Å². The predicted molar refractivity (Wildman–Crippen MR) is 59.8 cm³/mol. The SMILES string of the molecule is CCCn1ccnc1C(O)C1CCC(F)(F)C1. The molecule has 0 amide bonds. The van der Waals surface area contributed by atoms with Crippen LogP contribution in [-0.2, 0) is 6.54 Å². The quantitative estimate of drug-likeness (QED) is 0.884. The average molecular weight is 244 g/mol. The van der Waals surface area contributed by atoms with Crippen molar-refractivity contribution in [1.82, 2.24) is 9.55 Å². The summed E-state index contributed by atoms with van der Waals surface area (Å²) < 4.78 is 28.1. The number of aliphatic hydroxyl groups is 1. The zero-order valence-corrected chi connectivity index (χ0v) is 9.94. The molecule has 1 aliphatic carbocycles. The fraction of sp³-hybridized carbons (Fsp3) is 0.750. The number of rotatable bonds is 4. The molecule has 1 aliphatic rings. The molecule has 1 aromatic heterocycles. The number of hydrogen-bond acceptors (Lipinski definition) is 2. The second-order valence-electron chi connectivity index (χ2n) is 4.78. The molecule has 2 atom stereocenters. The maximum absolute atomic E-state index is 13.1. The Labute approximate surface area is 99.5 Å². The van der Waals surface area contributed by atoms with Gasteiger partial charge in [0.15, 0.2) is 0 Å². The van der Waals surface area contributed by atoms with Crippen LogP contribution in [0.3, 0.4) is 0 Å². The van der Waals surface area contributed by atoms with Gasteiger partial charge < -0.3 is 9.67 Å². The first-order chi connectivity index (χ1) is 8.03. The van der Waals surface area contributed by atoms with Crippen LogP contribution >= 0.6 is 0 Å². The first kappa shape index (κ1) is 12.5. The molecule has 1 fully saturated rings. The highest BCUT2D eigenvalue weighted by atomic mass is 19.3. The molecule has 1 saturated carbocycles. The van der Waals surface area contributed by atoms with E-state index in [2.05, 4.69) is 4.98 Å². The van der Waals surface area contributed by atoms with Crippen molar-refractivity contribution in [3.05, 3.63) is 18.2 Å². The van der Waals surface area contributed by atoms with Gasteiger partial charge in [0.25, 0.3) is 0 Å². The number of aliphatic hydroxyl groups excluding tert-OH is 1. The number of nitrogens with zero attached hydrogens (tertiary/aromatic N) is 2. The van der Waals surface area contributed by atoms with Gasteiger partial charge in [-0.3, -0.25) is 0 Å². The third-order valence-electron chi connectivity index (χ3n) is 3.36. The molecule has 0 bridgehead atoms. The summed E-state index contributed by atoms with van der Waals surface area (Å²) in [6, 6.07) is 0. The smallest absolute Gasteiger partial charge is 0.248 e. The fourth-order valence-corrected chi connectivity index (χ4v) is 2.48. The third kappa shape index (κ3) is 2.65. The van der Waals surface area contributed by atoms with E-state index in [1.54, 1.807) is 12.4 Å². The lowest BCUT2D eigenvalue weighted by Gasteiger charge is -2.18. The lowest BCUT2D eigenvalue weighted by atomic mass is 10.00. The van der Waals surface area contributed by atoms with Crippen LogP contribution in [-0.4, -0.2) is 20.6 Å². The van der Waals surface area contributed by atoms with Gasteiger partial charge in [-0.15, -0.1) is 0 Å². The van der Waals surface area contributed by atoms with E-state index in [9.17, 15) is 13.9 Å². The molecule has 2 unspecified atom stereocenters. The van der Waals surface area contributed by atoms with Crippen molar-refractivity contribution in [2.24, 2.45) is 5.92 Å². The lowest BCUT2D eigenvalue weighted by Crippen LogP contribution is -2.18. The van der Waals surface area contributed by atoms with Crippen LogP contribution in [0.2, 0.25) is 0 Å². The summed E-state index contributed by atoms with van der Waals surface area (Å²) in [5.41, 5.74) is 0. The number of aromatic nitrogens is 2. The normalized spacial score (nSPS) is 25.1. The monoisotopic (exact) mass is 244 g/mol. The summed E-state index contributed by atoms with van der Waals surface area (Å²) in [5.74, 6) is -2.47. The van der Waals surface area contributed by atoms with Crippen molar-refractivity contribution in [2.45, 2.75) is 51.2 Å². The number of hydrogen-bond donors (Lipinski definition) is 1. The first-order valence-electron chi connectivity index (χ1n) is 6.10. The molecule has 5 heteroatoms. The molecule has 1 aromatic rings. The van der Waals surface area contributed by atoms with Gasteiger partial charge in [0.2, 0.25) is 5.92 Å². The molecule has 1 N–H and O–H groups in total. The molecule has 1 heterocycles. The Morgan fingerprint density at radius 2 is 2.41 bits per heavy atom. The Hall–Kier alpha value is -0.970. The van der Waals surface area contributed by atoms with E-state index in [1.165, 1.54) is 0 Å². The van der Waals surface area contributed by atoms with Crippen molar-refractivity contribution >= 4 is 0 Å². The number of aryl methyl sites for hydroxylation is 1. The summed E-state index contributed by atoms with van der Waals surface area (Å²) in [6.45, 7) is 2.79. The van der Waals surface area contributed by atoms with Gasteiger partial charge in [-0.1, -0.05) is 6.92 Å². The summed E-state index contributed by atoms with van der Waals surface area (Å²) in [6.07, 6.45) is 3.47. The standard InChI is InChI=1S/C12H18F2N2O/c1-2-6-16-7-5-15-11(16)10(17)9-3-4-12(13,14)8-9/h5,7,9-10,17H,2-4,6,8H2,1H3. The number of alkyl halides is 2. The molecule has 0 aliphatic heterocycles. The minimum atomic E-state index is -2.62. The summed E-state index contributed by atoms with van der Waals surface area (Å²) >= 11 is 0. The molecule has 17 heavy (non-hydrogen) atoms. The van der Waals surface area contributed by atoms with Gasteiger partial charge in [0, 0.05) is 31.8 Å². The van der Waals surface area contributed by atoms with E-state index < -0.39 is 12.0 Å². The largest absolute Gasteiger partial charge is 0.385 e. The first-order valence-corrected chi connectivity index (χ1v) is 6.10. The Morgan fingerprint density at radius 3 is 3.00 bits per heavy atom. The van der Waals surface area contributed by atoms with Crippen LogP contribution < -0.4 is 0 Å². The molecule has 0 aromatic carbocycles. The summed E-state index contributed by atoms with van der Waals surface area (Å²) in [5, 5.41) is 10.1. The third-order valence-corrected chi connectivity index (χ3v) is 3.36. The molecule has 0 spiro atoms. The Balaban J connectivity index is 2.09. The number of halogens is 2. The fourth-order valence-electron chi connectivity index (χ4n) is 2.48. The van der Waals surface area contributed by atoms with E-state index in [1.807, 2.05) is 11.5 Å². The van der Waals surface area contributed by atoms with Gasteiger partial charge in [-0.05, 0) is 18.8 Å². The highest BCUT2D eigenvalue weighted by Gasteiger charge is 2.43. The zero-order chi connectivity index (χ0) is 12.5. The molecular formula is C12H18F2N2O. The minimum Gasteiger partial charge on any atom is -0.385 e. The van der Waals surface area contributed by atoms with Crippen molar-refractivity contribution in [2.75, 3.05) is 0 Å². The van der Waals surface area contributed by atoms with Crippen LogP contribution in [0.1, 0.15) is 44.5 Å². The van der Waals surface area contributed by atoms with Gasteiger partial charge in [-0.2, -0.15) is 0 Å². The Kier molecular flexibility index (Phi) is 3.47. The molecule has 2 rings (SSSR count). The van der Waals surface area contributed by atoms with E-state index in [-0.39, 0.29) is 18.8 Å². The van der Waals surface area contributed by atoms with Crippen molar-refractivity contribution in [1.29, 1.82) is 0 Å². The second kappa shape index (κ2) is 4.72. The topological polar surface area (TPSA) is 38.0 Å². The molecule has 0 radical (unpaired) electrons. The van der Waals surface area contributed by atoms with Gasteiger partial charge in [-0.25, -0.2) is 13.8 Å². The van der Waals surface area contributed by atoms with Crippen LogP contribution in [0.5, 0.6) is 0 Å². The predicted octanol–water partition coefficient (Wildman–Crippen LogP) is 2.76. The van der Waals surface area contributed by atoms with E-state index in [0.717, 1.165) is 13.0 Å². The molecule has 0 saturated heterocycles. The van der Waals surface area contributed by atoms with Gasteiger partial charge in [0.05, 0.1) is 0 Å². The zero-order valence-electron chi connectivity index (χ0n) is 9.94. The van der Waals surface area contributed by atoms with Gasteiger partial charge >= 0.3 is 0 Å². The van der Waals surface area contributed by atoms with Crippen LogP contribution in [0.15, 0.2) is 12.4 Å². The van der Waals surface area contributed by atoms with E-state index in [0.29, 0.717) is 12.2 Å². The second-order valence-corrected chi connectivity index (χ2v) is 4.78. The highest BCUT2D eigenvalue weighted by Crippen LogP contribution is 2.44. The van der Waals surface area contributed by atoms with Crippen molar-refractivity contribution < 1.29 is 13.9 Å². The van der Waals surface area contributed by atoms with Crippen molar-refractivity contribution in [3.63, 3.8) is 0 Å². The molecule has 3 nitrogen and oxygen atoms in total. The van der Waals surface area contributed by atoms with Crippen LogP contribution in [0, 0.1) is 5.92 Å². The Bertz CT molecular complexity index is 378. The highest BCUT2D eigenvalue weighted by molar-refractivity contribution is 5.01. The maximum atomic E-state index is 13.1. The summed E-state index contributed by atoms with van der Waals surface area (Å²) in [7, 11) is 0. The number of imidazole rings is 1.